The minimum atomic E-state index is 0.211. The molecule has 100 valence electrons. The number of para-hydroxylation sites is 1. The Labute approximate surface area is 110 Å². The summed E-state index contributed by atoms with van der Waals surface area (Å²) in [6, 6.07) is 9.91. The minimum Gasteiger partial charge on any atom is -0.330 e. The first-order valence-electron chi connectivity index (χ1n) is 6.85. The monoisotopic (exact) mass is 248 g/mol. The summed E-state index contributed by atoms with van der Waals surface area (Å²) >= 11 is 0. The third-order valence-corrected chi connectivity index (χ3v) is 2.95. The van der Waals surface area contributed by atoms with Crippen molar-refractivity contribution < 1.29 is 4.79 Å². The van der Waals surface area contributed by atoms with Gasteiger partial charge in [-0.3, -0.25) is 4.79 Å². The number of hydrogen-bond donors (Lipinski definition) is 1. The van der Waals surface area contributed by atoms with E-state index in [-0.39, 0.29) is 5.91 Å². The number of rotatable bonds is 8. The van der Waals surface area contributed by atoms with Crippen LogP contribution in [0.15, 0.2) is 30.3 Å². The molecule has 0 bridgehead atoms. The van der Waals surface area contributed by atoms with E-state index in [1.807, 2.05) is 35.2 Å². The molecule has 1 rings (SSSR count). The molecular weight excluding hydrogens is 224 g/mol. The molecule has 0 heterocycles. The number of anilines is 1. The van der Waals surface area contributed by atoms with Gasteiger partial charge in [0.15, 0.2) is 0 Å². The fourth-order valence-corrected chi connectivity index (χ4v) is 1.88. The van der Waals surface area contributed by atoms with Crippen molar-refractivity contribution in [1.82, 2.24) is 0 Å². The summed E-state index contributed by atoms with van der Waals surface area (Å²) in [5, 5.41) is 0. The largest absolute Gasteiger partial charge is 0.330 e. The van der Waals surface area contributed by atoms with E-state index in [1.165, 1.54) is 0 Å². The van der Waals surface area contributed by atoms with Gasteiger partial charge in [-0.2, -0.15) is 0 Å². The molecule has 18 heavy (non-hydrogen) atoms. The quantitative estimate of drug-likeness (QED) is 0.719. The molecule has 0 aromatic heterocycles. The van der Waals surface area contributed by atoms with Crippen molar-refractivity contribution in [3.05, 3.63) is 30.3 Å². The molecule has 1 aromatic rings. The van der Waals surface area contributed by atoms with Crippen molar-refractivity contribution in [1.29, 1.82) is 0 Å². The number of carbonyl (C=O) groups is 1. The lowest BCUT2D eigenvalue weighted by molar-refractivity contribution is -0.118. The van der Waals surface area contributed by atoms with Crippen molar-refractivity contribution in [2.75, 3.05) is 18.0 Å². The predicted octanol–water partition coefficient (Wildman–Crippen LogP) is 2.95. The van der Waals surface area contributed by atoms with Crippen LogP contribution >= 0.6 is 0 Å². The van der Waals surface area contributed by atoms with Gasteiger partial charge in [0.2, 0.25) is 5.91 Å². The van der Waals surface area contributed by atoms with Gasteiger partial charge in [0.05, 0.1) is 0 Å². The van der Waals surface area contributed by atoms with Crippen molar-refractivity contribution in [2.45, 2.75) is 39.0 Å². The van der Waals surface area contributed by atoms with Crippen LogP contribution in [0.2, 0.25) is 0 Å². The van der Waals surface area contributed by atoms with Crippen molar-refractivity contribution in [3.8, 4) is 0 Å². The zero-order valence-electron chi connectivity index (χ0n) is 11.3. The molecule has 3 heteroatoms. The topological polar surface area (TPSA) is 46.3 Å². The van der Waals surface area contributed by atoms with Crippen LogP contribution in [0.1, 0.15) is 39.0 Å². The fraction of sp³-hybridized carbons (Fsp3) is 0.533. The number of amides is 1. The summed E-state index contributed by atoms with van der Waals surface area (Å²) in [7, 11) is 0. The van der Waals surface area contributed by atoms with Crippen LogP contribution in [0.5, 0.6) is 0 Å². The van der Waals surface area contributed by atoms with E-state index < -0.39 is 0 Å². The number of nitrogens with two attached hydrogens (primary N) is 1. The average molecular weight is 248 g/mol. The summed E-state index contributed by atoms with van der Waals surface area (Å²) in [6.45, 7) is 3.61. The molecule has 0 atom stereocenters. The van der Waals surface area contributed by atoms with Gasteiger partial charge in [-0.25, -0.2) is 0 Å². The van der Waals surface area contributed by atoms with Gasteiger partial charge >= 0.3 is 0 Å². The Morgan fingerprint density at radius 1 is 1.17 bits per heavy atom. The van der Waals surface area contributed by atoms with E-state index in [0.29, 0.717) is 13.0 Å². The van der Waals surface area contributed by atoms with Crippen LogP contribution in [-0.2, 0) is 4.79 Å². The van der Waals surface area contributed by atoms with Crippen LogP contribution in [0.25, 0.3) is 0 Å². The van der Waals surface area contributed by atoms with Gasteiger partial charge in [-0.05, 0) is 37.9 Å². The summed E-state index contributed by atoms with van der Waals surface area (Å²) < 4.78 is 0. The van der Waals surface area contributed by atoms with Gasteiger partial charge < -0.3 is 10.6 Å². The molecule has 1 aromatic carbocycles. The maximum Gasteiger partial charge on any atom is 0.226 e. The highest BCUT2D eigenvalue weighted by Crippen LogP contribution is 2.16. The summed E-state index contributed by atoms with van der Waals surface area (Å²) in [4.78, 5) is 14.1. The van der Waals surface area contributed by atoms with E-state index >= 15 is 0 Å². The smallest absolute Gasteiger partial charge is 0.226 e. The van der Waals surface area contributed by atoms with E-state index in [4.69, 9.17) is 5.73 Å². The van der Waals surface area contributed by atoms with Crippen LogP contribution in [0, 0.1) is 0 Å². The predicted molar refractivity (Wildman–Crippen MR) is 76.6 cm³/mol. The highest BCUT2D eigenvalue weighted by atomic mass is 16.2. The van der Waals surface area contributed by atoms with Crippen molar-refractivity contribution in [3.63, 3.8) is 0 Å². The highest BCUT2D eigenvalue weighted by molar-refractivity contribution is 5.93. The van der Waals surface area contributed by atoms with Crippen LogP contribution in [0.3, 0.4) is 0 Å². The molecule has 0 fully saturated rings. The molecule has 0 saturated carbocycles. The molecule has 0 radical (unpaired) electrons. The first-order valence-corrected chi connectivity index (χ1v) is 6.85. The number of unbranched alkanes of at least 4 members (excludes halogenated alkanes) is 2. The van der Waals surface area contributed by atoms with Gasteiger partial charge in [-0.15, -0.1) is 0 Å². The van der Waals surface area contributed by atoms with Gasteiger partial charge in [0, 0.05) is 18.7 Å². The lowest BCUT2D eigenvalue weighted by atomic mass is 10.2. The Bertz CT molecular complexity index is 338. The number of hydrogen-bond acceptors (Lipinski definition) is 2. The summed E-state index contributed by atoms with van der Waals surface area (Å²) in [5.74, 6) is 0.211. The SMILES string of the molecule is CCCCN(C(=O)CCCCN)c1ccccc1. The number of benzene rings is 1. The second-order valence-electron chi connectivity index (χ2n) is 4.48. The molecule has 0 aliphatic rings. The third-order valence-electron chi connectivity index (χ3n) is 2.95. The number of carbonyl (C=O) groups excluding carboxylic acids is 1. The Hall–Kier alpha value is -1.35. The third kappa shape index (κ3) is 4.88. The first kappa shape index (κ1) is 14.7. The van der Waals surface area contributed by atoms with Gasteiger partial charge in [0.1, 0.15) is 0 Å². The lowest BCUT2D eigenvalue weighted by Gasteiger charge is -2.22. The molecule has 0 aliphatic carbocycles. The molecule has 0 aliphatic heterocycles. The molecular formula is C15H24N2O. The lowest BCUT2D eigenvalue weighted by Crippen LogP contribution is -2.31. The molecule has 3 nitrogen and oxygen atoms in total. The highest BCUT2D eigenvalue weighted by Gasteiger charge is 2.14. The van der Waals surface area contributed by atoms with Crippen LogP contribution in [0.4, 0.5) is 5.69 Å². The maximum atomic E-state index is 12.2. The molecule has 0 spiro atoms. The van der Waals surface area contributed by atoms with Gasteiger partial charge in [0.25, 0.3) is 0 Å². The molecule has 1 amide bonds. The van der Waals surface area contributed by atoms with Gasteiger partial charge in [-0.1, -0.05) is 31.5 Å². The Morgan fingerprint density at radius 2 is 1.89 bits per heavy atom. The van der Waals surface area contributed by atoms with E-state index in [1.54, 1.807) is 0 Å². The Morgan fingerprint density at radius 3 is 2.50 bits per heavy atom. The second kappa shape index (κ2) is 8.70. The first-order chi connectivity index (χ1) is 8.79. The van der Waals surface area contributed by atoms with E-state index in [9.17, 15) is 4.79 Å². The Kier molecular flexibility index (Phi) is 7.11. The fourth-order valence-electron chi connectivity index (χ4n) is 1.88. The van der Waals surface area contributed by atoms with E-state index in [0.717, 1.165) is 37.9 Å². The zero-order valence-corrected chi connectivity index (χ0v) is 11.3. The maximum absolute atomic E-state index is 12.2. The van der Waals surface area contributed by atoms with Crippen LogP contribution < -0.4 is 10.6 Å². The van der Waals surface area contributed by atoms with E-state index in [2.05, 4.69) is 6.92 Å². The van der Waals surface area contributed by atoms with Crippen molar-refractivity contribution >= 4 is 11.6 Å². The average Bonchev–Trinajstić information content (AvgIpc) is 2.41. The Balaban J connectivity index is 2.63. The van der Waals surface area contributed by atoms with Crippen molar-refractivity contribution in [2.24, 2.45) is 5.73 Å². The zero-order chi connectivity index (χ0) is 13.2. The second-order valence-corrected chi connectivity index (χ2v) is 4.48. The summed E-state index contributed by atoms with van der Waals surface area (Å²) in [6.07, 6.45) is 4.53. The minimum absolute atomic E-state index is 0.211. The molecule has 2 N–H and O–H groups in total. The summed E-state index contributed by atoms with van der Waals surface area (Å²) in [5.41, 5.74) is 6.46. The molecule has 0 unspecified atom stereocenters. The number of nitrogens with zero attached hydrogens (tertiary/aromatic N) is 1. The molecule has 0 saturated heterocycles. The standard InChI is InChI=1S/C15H24N2O/c1-2-3-13-17(14-9-5-4-6-10-14)15(18)11-7-8-12-16/h4-6,9-10H,2-3,7-8,11-13,16H2,1H3. The normalized spacial score (nSPS) is 10.3. The van der Waals surface area contributed by atoms with Crippen LogP contribution in [-0.4, -0.2) is 19.0 Å².